The predicted molar refractivity (Wildman–Crippen MR) is 53.5 cm³/mol. The molecule has 8 heteroatoms. The highest BCUT2D eigenvalue weighted by molar-refractivity contribution is 5.76. The van der Waals surface area contributed by atoms with Gasteiger partial charge in [-0.25, -0.2) is 9.59 Å². The zero-order chi connectivity index (χ0) is 12.6. The molecule has 3 amide bonds. The van der Waals surface area contributed by atoms with Crippen LogP contribution in [0.15, 0.2) is 0 Å². The normalized spacial score (nSPS) is 11.6. The molecule has 6 N–H and O–H groups in total. The number of amides is 3. The van der Waals surface area contributed by atoms with Gasteiger partial charge in [0.2, 0.25) is 5.91 Å². The second-order valence-corrected chi connectivity index (χ2v) is 3.06. The Bertz CT molecular complexity index is 268. The van der Waals surface area contributed by atoms with Crippen LogP contribution in [0.2, 0.25) is 0 Å². The Morgan fingerprint density at radius 1 is 1.25 bits per heavy atom. The number of carbonyl (C=O) groups excluding carboxylic acids is 2. The van der Waals surface area contributed by atoms with Crippen molar-refractivity contribution in [1.29, 1.82) is 0 Å². The van der Waals surface area contributed by atoms with Crippen LogP contribution in [0.4, 0.5) is 4.79 Å². The van der Waals surface area contributed by atoms with Gasteiger partial charge in [-0.2, -0.15) is 0 Å². The summed E-state index contributed by atoms with van der Waals surface area (Å²) in [4.78, 5) is 31.5. The molecule has 0 saturated carbocycles. The molecule has 0 saturated heterocycles. The monoisotopic (exact) mass is 233 g/mol. The highest BCUT2D eigenvalue weighted by Crippen LogP contribution is 1.84. The molecule has 0 aromatic heterocycles. The SMILES string of the molecule is NC(=O)CCCNC(=O)NC[C@H](O)C(=O)O. The van der Waals surface area contributed by atoms with E-state index in [1.165, 1.54) is 0 Å². The number of hydrogen-bond donors (Lipinski definition) is 5. The van der Waals surface area contributed by atoms with Gasteiger partial charge in [0.15, 0.2) is 6.10 Å². The van der Waals surface area contributed by atoms with Crippen molar-refractivity contribution in [1.82, 2.24) is 10.6 Å². The van der Waals surface area contributed by atoms with Crippen LogP contribution < -0.4 is 16.4 Å². The Kier molecular flexibility index (Phi) is 6.61. The van der Waals surface area contributed by atoms with Gasteiger partial charge in [0.1, 0.15) is 0 Å². The first-order chi connectivity index (χ1) is 7.43. The lowest BCUT2D eigenvalue weighted by atomic mass is 10.3. The summed E-state index contributed by atoms with van der Waals surface area (Å²) in [5.41, 5.74) is 4.88. The van der Waals surface area contributed by atoms with Crippen LogP contribution in [-0.4, -0.2) is 47.3 Å². The molecule has 0 aliphatic carbocycles. The van der Waals surface area contributed by atoms with Crippen LogP contribution in [0.1, 0.15) is 12.8 Å². The third-order valence-corrected chi connectivity index (χ3v) is 1.63. The topological polar surface area (TPSA) is 142 Å². The molecular formula is C8H15N3O5. The summed E-state index contributed by atoms with van der Waals surface area (Å²) in [6.45, 7) is -0.130. The largest absolute Gasteiger partial charge is 0.479 e. The standard InChI is InChI=1S/C8H15N3O5/c9-6(13)2-1-3-10-8(16)11-4-5(12)7(14)15/h5,12H,1-4H2,(H2,9,13)(H,14,15)(H2,10,11,16)/t5-/m0/s1. The first kappa shape index (κ1) is 14.2. The zero-order valence-electron chi connectivity index (χ0n) is 8.60. The number of aliphatic carboxylic acids is 1. The molecule has 0 unspecified atom stereocenters. The van der Waals surface area contributed by atoms with E-state index < -0.39 is 24.0 Å². The van der Waals surface area contributed by atoms with Crippen molar-refractivity contribution < 1.29 is 24.6 Å². The lowest BCUT2D eigenvalue weighted by molar-refractivity contribution is -0.146. The Morgan fingerprint density at radius 2 is 1.88 bits per heavy atom. The second-order valence-electron chi connectivity index (χ2n) is 3.06. The fourth-order valence-electron chi connectivity index (χ4n) is 0.804. The number of urea groups is 1. The van der Waals surface area contributed by atoms with Crippen molar-refractivity contribution >= 4 is 17.9 Å². The molecular weight excluding hydrogens is 218 g/mol. The number of nitrogens with two attached hydrogens (primary N) is 1. The molecule has 92 valence electrons. The number of carbonyl (C=O) groups is 3. The predicted octanol–water partition coefficient (Wildman–Crippen LogP) is -2.00. The van der Waals surface area contributed by atoms with Gasteiger partial charge in [-0.05, 0) is 6.42 Å². The number of rotatable bonds is 7. The van der Waals surface area contributed by atoms with Crippen molar-refractivity contribution in [2.75, 3.05) is 13.1 Å². The van der Waals surface area contributed by atoms with Crippen molar-refractivity contribution in [2.45, 2.75) is 18.9 Å². The van der Waals surface area contributed by atoms with Crippen LogP contribution in [-0.2, 0) is 9.59 Å². The number of hydrogen-bond acceptors (Lipinski definition) is 4. The Hall–Kier alpha value is -1.83. The number of aliphatic hydroxyl groups is 1. The van der Waals surface area contributed by atoms with Crippen LogP contribution in [0, 0.1) is 0 Å². The molecule has 0 heterocycles. The summed E-state index contributed by atoms with van der Waals surface area (Å²) >= 11 is 0. The highest BCUT2D eigenvalue weighted by Gasteiger charge is 2.13. The average Bonchev–Trinajstić information content (AvgIpc) is 2.20. The van der Waals surface area contributed by atoms with E-state index in [0.29, 0.717) is 6.42 Å². The van der Waals surface area contributed by atoms with Gasteiger partial charge in [-0.3, -0.25) is 4.79 Å². The zero-order valence-corrected chi connectivity index (χ0v) is 8.60. The van der Waals surface area contributed by atoms with E-state index in [9.17, 15) is 14.4 Å². The Labute approximate surface area is 91.8 Å². The van der Waals surface area contributed by atoms with Crippen LogP contribution in [0.5, 0.6) is 0 Å². The molecule has 16 heavy (non-hydrogen) atoms. The number of carboxylic acids is 1. The molecule has 0 aromatic carbocycles. The van der Waals surface area contributed by atoms with E-state index in [-0.39, 0.29) is 19.5 Å². The van der Waals surface area contributed by atoms with Crippen LogP contribution >= 0.6 is 0 Å². The molecule has 0 fully saturated rings. The fourth-order valence-corrected chi connectivity index (χ4v) is 0.804. The van der Waals surface area contributed by atoms with E-state index in [1.807, 2.05) is 0 Å². The number of nitrogens with one attached hydrogen (secondary N) is 2. The van der Waals surface area contributed by atoms with Gasteiger partial charge in [0, 0.05) is 13.0 Å². The fraction of sp³-hybridized carbons (Fsp3) is 0.625. The number of primary amides is 1. The van der Waals surface area contributed by atoms with Gasteiger partial charge in [-0.1, -0.05) is 0 Å². The number of aliphatic hydroxyl groups excluding tert-OH is 1. The molecule has 1 atom stereocenters. The van der Waals surface area contributed by atoms with Gasteiger partial charge in [0.25, 0.3) is 0 Å². The highest BCUT2D eigenvalue weighted by atomic mass is 16.4. The van der Waals surface area contributed by atoms with Crippen molar-refractivity contribution in [3.63, 3.8) is 0 Å². The third kappa shape index (κ3) is 7.56. The summed E-state index contributed by atoms with van der Waals surface area (Å²) in [7, 11) is 0. The van der Waals surface area contributed by atoms with Crippen LogP contribution in [0.3, 0.4) is 0 Å². The maximum absolute atomic E-state index is 11.0. The van der Waals surface area contributed by atoms with E-state index in [4.69, 9.17) is 15.9 Å². The van der Waals surface area contributed by atoms with Gasteiger partial charge in [-0.15, -0.1) is 0 Å². The van der Waals surface area contributed by atoms with Gasteiger partial charge < -0.3 is 26.6 Å². The van der Waals surface area contributed by atoms with Crippen molar-refractivity contribution in [3.8, 4) is 0 Å². The van der Waals surface area contributed by atoms with Gasteiger partial charge >= 0.3 is 12.0 Å². The average molecular weight is 233 g/mol. The number of carboxylic acid groups (broad SMARTS) is 1. The summed E-state index contributed by atoms with van der Waals surface area (Å²) in [5, 5.41) is 21.6. The molecule has 0 rings (SSSR count). The molecule has 0 bridgehead atoms. The quantitative estimate of drug-likeness (QED) is 0.323. The van der Waals surface area contributed by atoms with E-state index in [0.717, 1.165) is 0 Å². The Morgan fingerprint density at radius 3 is 2.38 bits per heavy atom. The minimum atomic E-state index is -1.63. The van der Waals surface area contributed by atoms with Crippen LogP contribution in [0.25, 0.3) is 0 Å². The first-order valence-electron chi connectivity index (χ1n) is 4.64. The third-order valence-electron chi connectivity index (χ3n) is 1.63. The Balaban J connectivity index is 3.52. The summed E-state index contributed by atoms with van der Waals surface area (Å²) in [6.07, 6.45) is -1.06. The smallest absolute Gasteiger partial charge is 0.334 e. The molecule has 8 nitrogen and oxygen atoms in total. The lowest BCUT2D eigenvalue weighted by Crippen LogP contribution is -2.42. The van der Waals surface area contributed by atoms with Gasteiger partial charge in [0.05, 0.1) is 6.54 Å². The summed E-state index contributed by atoms with van der Waals surface area (Å²) < 4.78 is 0. The lowest BCUT2D eigenvalue weighted by Gasteiger charge is -2.08. The van der Waals surface area contributed by atoms with E-state index in [2.05, 4.69) is 10.6 Å². The summed E-state index contributed by atoms with van der Waals surface area (Å²) in [6, 6.07) is -0.607. The molecule has 0 radical (unpaired) electrons. The maximum Gasteiger partial charge on any atom is 0.334 e. The van der Waals surface area contributed by atoms with E-state index in [1.54, 1.807) is 0 Å². The van der Waals surface area contributed by atoms with Crippen molar-refractivity contribution in [3.05, 3.63) is 0 Å². The van der Waals surface area contributed by atoms with E-state index >= 15 is 0 Å². The minimum Gasteiger partial charge on any atom is -0.479 e. The first-order valence-corrected chi connectivity index (χ1v) is 4.64. The minimum absolute atomic E-state index is 0.165. The molecule has 0 aliphatic heterocycles. The molecule has 0 aliphatic rings. The second kappa shape index (κ2) is 7.46. The summed E-state index contributed by atoms with van der Waals surface area (Å²) in [5.74, 6) is -1.86. The molecule has 0 spiro atoms. The maximum atomic E-state index is 11.0. The molecule has 0 aromatic rings. The van der Waals surface area contributed by atoms with Crippen molar-refractivity contribution in [2.24, 2.45) is 5.73 Å².